The number of rotatable bonds is 2. The van der Waals surface area contributed by atoms with Gasteiger partial charge in [-0.05, 0) is 60.4 Å². The molecule has 0 N–H and O–H groups in total. The third-order valence-electron chi connectivity index (χ3n) is 8.65. The third kappa shape index (κ3) is 3.52. The van der Waals surface area contributed by atoms with E-state index in [9.17, 15) is 19.2 Å². The van der Waals surface area contributed by atoms with Crippen molar-refractivity contribution in [1.29, 1.82) is 0 Å². The summed E-state index contributed by atoms with van der Waals surface area (Å²) in [5.74, 6) is -0.613. The molecule has 2 aromatic heterocycles. The normalized spacial score (nSPS) is 20.0. The molecular weight excluding hydrogens is 561 g/mol. The average molecular weight is 583 g/mol. The minimum Gasteiger partial charge on any atom is -0.288 e. The van der Waals surface area contributed by atoms with Crippen molar-refractivity contribution in [1.82, 2.24) is 0 Å². The molecule has 0 aliphatic heterocycles. The number of ketones is 4. The van der Waals surface area contributed by atoms with E-state index in [2.05, 4.69) is 38.1 Å². The van der Waals surface area contributed by atoms with Crippen LogP contribution in [0.1, 0.15) is 97.8 Å². The Morgan fingerprint density at radius 2 is 0.857 bits per heavy atom. The number of allylic oxidation sites excluding steroid dienone is 6. The highest BCUT2D eigenvalue weighted by molar-refractivity contribution is 7.14. The molecule has 4 aliphatic carbocycles. The first-order valence-corrected chi connectivity index (χ1v) is 15.4. The van der Waals surface area contributed by atoms with Crippen molar-refractivity contribution in [2.24, 2.45) is 0 Å². The van der Waals surface area contributed by atoms with Crippen molar-refractivity contribution in [3.05, 3.63) is 137 Å². The molecule has 8 rings (SSSR count). The van der Waals surface area contributed by atoms with Gasteiger partial charge in [-0.2, -0.15) is 0 Å². The molecule has 0 saturated carbocycles. The molecule has 6 heteroatoms. The van der Waals surface area contributed by atoms with Gasteiger partial charge >= 0.3 is 0 Å². The van der Waals surface area contributed by atoms with Gasteiger partial charge in [0, 0.05) is 53.6 Å². The number of carbonyl (C=O) groups is 4. The van der Waals surface area contributed by atoms with Crippen LogP contribution in [0.3, 0.4) is 0 Å². The Kier molecular flexibility index (Phi) is 5.39. The second-order valence-corrected chi connectivity index (χ2v) is 13.4. The van der Waals surface area contributed by atoms with Crippen LogP contribution in [0.15, 0.2) is 84.0 Å². The maximum absolute atomic E-state index is 13.0. The maximum Gasteiger partial charge on any atom is 0.197 e. The van der Waals surface area contributed by atoms with Gasteiger partial charge in [0.05, 0.1) is 11.1 Å². The molecule has 2 heterocycles. The van der Waals surface area contributed by atoms with E-state index < -0.39 is 0 Å². The Labute approximate surface area is 250 Å². The van der Waals surface area contributed by atoms with Crippen molar-refractivity contribution in [2.75, 3.05) is 0 Å². The Balaban J connectivity index is 1.16. The Hall–Kier alpha value is -4.52. The van der Waals surface area contributed by atoms with Gasteiger partial charge in [0.2, 0.25) is 0 Å². The summed E-state index contributed by atoms with van der Waals surface area (Å²) in [6, 6.07) is 18.2. The number of fused-ring (bicyclic) bond motifs is 7. The van der Waals surface area contributed by atoms with E-state index in [0.717, 1.165) is 32.0 Å². The fourth-order valence-corrected chi connectivity index (χ4v) is 9.17. The molecule has 4 aromatic rings. The number of Topliss-reactive ketones (excluding diaryl/α,β-unsaturated/α-hetero) is 4. The zero-order valence-corrected chi connectivity index (χ0v) is 24.3. The third-order valence-corrected chi connectivity index (χ3v) is 11.0. The van der Waals surface area contributed by atoms with Crippen molar-refractivity contribution in [2.45, 2.75) is 25.7 Å². The molecule has 0 saturated heterocycles. The topological polar surface area (TPSA) is 68.3 Å². The first kappa shape index (κ1) is 25.2. The van der Waals surface area contributed by atoms with Gasteiger partial charge in [-0.15, -0.1) is 22.7 Å². The van der Waals surface area contributed by atoms with Crippen molar-refractivity contribution in [3.63, 3.8) is 0 Å². The molecule has 4 nitrogen and oxygen atoms in total. The van der Waals surface area contributed by atoms with Crippen LogP contribution in [0.25, 0.3) is 23.3 Å². The molecular formula is C36H22O4S2. The molecule has 202 valence electrons. The Bertz CT molecular complexity index is 1870. The quantitative estimate of drug-likeness (QED) is 0.176. The highest BCUT2D eigenvalue weighted by atomic mass is 32.1. The first-order chi connectivity index (χ1) is 20.3. The predicted octanol–water partition coefficient (Wildman–Crippen LogP) is 8.44. The van der Waals surface area contributed by atoms with Gasteiger partial charge in [0.25, 0.3) is 0 Å². The lowest BCUT2D eigenvalue weighted by Gasteiger charge is -2.31. The summed E-state index contributed by atoms with van der Waals surface area (Å²) in [4.78, 5) is 56.3. The molecule has 42 heavy (non-hydrogen) atoms. The van der Waals surface area contributed by atoms with Crippen LogP contribution in [-0.2, 0) is 0 Å². The summed E-state index contributed by atoms with van der Waals surface area (Å²) >= 11 is 3.27. The van der Waals surface area contributed by atoms with Crippen LogP contribution in [-0.4, -0.2) is 23.1 Å². The summed E-state index contributed by atoms with van der Waals surface area (Å²) in [7, 11) is 0. The van der Waals surface area contributed by atoms with E-state index >= 15 is 0 Å². The van der Waals surface area contributed by atoms with Crippen molar-refractivity contribution < 1.29 is 19.2 Å². The van der Waals surface area contributed by atoms with E-state index in [-0.39, 0.29) is 46.1 Å². The average Bonchev–Trinajstić information content (AvgIpc) is 3.73. The van der Waals surface area contributed by atoms with Crippen LogP contribution in [0.2, 0.25) is 0 Å². The number of benzene rings is 2. The summed E-state index contributed by atoms with van der Waals surface area (Å²) in [6.07, 6.45) is 8.11. The number of thiophene rings is 2. The monoisotopic (exact) mass is 582 g/mol. The zero-order valence-electron chi connectivity index (χ0n) is 22.7. The van der Waals surface area contributed by atoms with Crippen LogP contribution in [0.5, 0.6) is 0 Å². The summed E-state index contributed by atoms with van der Waals surface area (Å²) < 4.78 is 0. The smallest absolute Gasteiger partial charge is 0.197 e. The van der Waals surface area contributed by atoms with Crippen LogP contribution >= 0.6 is 22.7 Å². The minimum atomic E-state index is -0.215. The molecule has 0 bridgehead atoms. The number of carbonyl (C=O) groups excluding carboxylic acids is 4. The summed E-state index contributed by atoms with van der Waals surface area (Å²) in [6.45, 7) is 4.21. The molecule has 2 aromatic carbocycles. The summed E-state index contributed by atoms with van der Waals surface area (Å²) in [5, 5.41) is 0. The molecule has 0 fully saturated rings. The second-order valence-electron chi connectivity index (χ2n) is 11.1. The molecule has 0 spiro atoms. The van der Waals surface area contributed by atoms with E-state index in [1.165, 1.54) is 9.75 Å². The highest BCUT2D eigenvalue weighted by Gasteiger charge is 2.38. The number of hydrogen-bond donors (Lipinski definition) is 0. The lowest BCUT2D eigenvalue weighted by Crippen LogP contribution is -2.15. The standard InChI is InChI=1S/C36H22O4S2/c1-17-11-27-28(35-25(17)13-19(41-35)15-29-31(37)21-7-3-4-8-22(21)32(29)38)12-18(2)26-14-20(42-36(26)27)16-30-33(39)23-9-5-6-10-24(23)34(30)40/h3-16,27-28H,1-2H3. The predicted molar refractivity (Wildman–Crippen MR) is 168 cm³/mol. The van der Waals surface area contributed by atoms with Gasteiger partial charge in [0.15, 0.2) is 23.1 Å². The van der Waals surface area contributed by atoms with Crippen molar-refractivity contribution in [3.8, 4) is 0 Å². The zero-order chi connectivity index (χ0) is 28.9. The van der Waals surface area contributed by atoms with Crippen molar-refractivity contribution >= 4 is 69.1 Å². The van der Waals surface area contributed by atoms with Crippen LogP contribution in [0, 0.1) is 0 Å². The maximum atomic E-state index is 13.0. The van der Waals surface area contributed by atoms with Gasteiger partial charge in [-0.3, -0.25) is 19.2 Å². The fourth-order valence-electron chi connectivity index (χ4n) is 6.60. The van der Waals surface area contributed by atoms with E-state index in [4.69, 9.17) is 0 Å². The fraction of sp³-hybridized carbons (Fsp3) is 0.111. The lowest BCUT2D eigenvalue weighted by atomic mass is 9.75. The Morgan fingerprint density at radius 3 is 1.19 bits per heavy atom. The van der Waals surface area contributed by atoms with Crippen LogP contribution < -0.4 is 0 Å². The number of hydrogen-bond acceptors (Lipinski definition) is 6. The minimum absolute atomic E-state index is 0.124. The van der Waals surface area contributed by atoms with Gasteiger partial charge in [-0.25, -0.2) is 0 Å². The van der Waals surface area contributed by atoms with E-state index in [0.29, 0.717) is 22.3 Å². The summed E-state index contributed by atoms with van der Waals surface area (Å²) in [5.41, 5.74) is 6.93. The van der Waals surface area contributed by atoms with Gasteiger partial charge < -0.3 is 0 Å². The first-order valence-electron chi connectivity index (χ1n) is 13.8. The van der Waals surface area contributed by atoms with Gasteiger partial charge in [-0.1, -0.05) is 60.7 Å². The molecule has 4 aliphatic rings. The molecule has 2 unspecified atom stereocenters. The van der Waals surface area contributed by atoms with E-state index in [1.54, 1.807) is 83.4 Å². The van der Waals surface area contributed by atoms with Crippen LogP contribution in [0.4, 0.5) is 0 Å². The lowest BCUT2D eigenvalue weighted by molar-refractivity contribution is 0.0975. The molecule has 0 amide bonds. The van der Waals surface area contributed by atoms with E-state index in [1.807, 2.05) is 0 Å². The Morgan fingerprint density at radius 1 is 0.524 bits per heavy atom. The largest absolute Gasteiger partial charge is 0.288 e. The van der Waals surface area contributed by atoms with Gasteiger partial charge in [0.1, 0.15) is 0 Å². The molecule has 0 radical (unpaired) electrons. The highest BCUT2D eigenvalue weighted by Crippen LogP contribution is 2.54. The SMILES string of the molecule is CC1=CC2c3sc(C=C4C(=O)c5ccccc5C4=O)cc3C(C)=CC2c2sc(C=C3C(=O)c4ccccc4C3=O)cc21. The second kappa shape index (κ2) is 8.99. The molecule has 2 atom stereocenters.